The van der Waals surface area contributed by atoms with Crippen molar-refractivity contribution in [2.24, 2.45) is 5.92 Å². The van der Waals surface area contributed by atoms with E-state index in [-0.39, 0.29) is 17.4 Å². The monoisotopic (exact) mass is 488 g/mol. The number of rotatable bonds is 11. The van der Waals surface area contributed by atoms with Crippen LogP contribution in [-0.4, -0.2) is 31.4 Å². The zero-order chi connectivity index (χ0) is 24.0. The van der Waals surface area contributed by atoms with Crippen LogP contribution in [0.4, 0.5) is 0 Å². The van der Waals surface area contributed by atoms with Gasteiger partial charge in [-0.2, -0.15) is 4.31 Å². The van der Waals surface area contributed by atoms with Crippen molar-refractivity contribution in [3.05, 3.63) is 70.2 Å². The lowest BCUT2D eigenvalue weighted by molar-refractivity contribution is 0.300. The first-order valence-corrected chi connectivity index (χ1v) is 13.3. The van der Waals surface area contributed by atoms with Crippen LogP contribution in [0.5, 0.6) is 11.5 Å². The number of hydrogen-bond donors (Lipinski definition) is 0. The molecule has 0 unspecified atom stereocenters. The summed E-state index contributed by atoms with van der Waals surface area (Å²) in [4.78, 5) is 4.89. The molecule has 0 atom stereocenters. The van der Waals surface area contributed by atoms with Gasteiger partial charge in [0.05, 0.1) is 24.2 Å². The van der Waals surface area contributed by atoms with Crippen LogP contribution in [0.3, 0.4) is 0 Å². The maximum atomic E-state index is 13.3. The van der Waals surface area contributed by atoms with Crippen molar-refractivity contribution in [3.63, 3.8) is 0 Å². The molecular formula is C25H32N2O4S2. The van der Waals surface area contributed by atoms with Gasteiger partial charge in [0.25, 0.3) is 0 Å². The second-order valence-electron chi connectivity index (χ2n) is 8.58. The molecule has 1 heterocycles. The van der Waals surface area contributed by atoms with E-state index in [1.165, 1.54) is 15.6 Å². The predicted molar refractivity (Wildman–Crippen MR) is 132 cm³/mol. The summed E-state index contributed by atoms with van der Waals surface area (Å²) in [6.45, 7) is 9.24. The van der Waals surface area contributed by atoms with Gasteiger partial charge in [0, 0.05) is 11.9 Å². The fourth-order valence-corrected chi connectivity index (χ4v) is 5.72. The summed E-state index contributed by atoms with van der Waals surface area (Å²) >= 11 is 1.48. The van der Waals surface area contributed by atoms with Gasteiger partial charge in [-0.1, -0.05) is 45.9 Å². The minimum Gasteiger partial charge on any atom is -0.497 e. The summed E-state index contributed by atoms with van der Waals surface area (Å²) in [5.74, 6) is 2.01. The molecular weight excluding hydrogens is 456 g/mol. The van der Waals surface area contributed by atoms with Crippen molar-refractivity contribution in [2.75, 3.05) is 13.7 Å². The molecule has 8 heteroatoms. The first kappa shape index (κ1) is 25.2. The first-order valence-electron chi connectivity index (χ1n) is 11.0. The van der Waals surface area contributed by atoms with Gasteiger partial charge < -0.3 is 9.47 Å². The van der Waals surface area contributed by atoms with Gasteiger partial charge in [0.15, 0.2) is 0 Å². The molecule has 0 radical (unpaired) electrons. The van der Waals surface area contributed by atoms with E-state index in [1.807, 2.05) is 37.4 Å². The molecule has 1 aromatic heterocycles. The van der Waals surface area contributed by atoms with Crippen LogP contribution in [0.15, 0.2) is 58.8 Å². The average molecular weight is 489 g/mol. The fourth-order valence-electron chi connectivity index (χ4n) is 3.45. The van der Waals surface area contributed by atoms with Crippen LogP contribution in [0.25, 0.3) is 0 Å². The first-order chi connectivity index (χ1) is 15.7. The molecule has 0 saturated carbocycles. The minimum absolute atomic E-state index is 0.173. The lowest BCUT2D eigenvalue weighted by atomic mass is 10.0. The molecule has 2 aromatic carbocycles. The third-order valence-electron chi connectivity index (χ3n) is 5.10. The minimum atomic E-state index is -3.67. The van der Waals surface area contributed by atoms with Crippen molar-refractivity contribution in [3.8, 4) is 11.5 Å². The van der Waals surface area contributed by atoms with Gasteiger partial charge in [0.2, 0.25) is 10.0 Å². The number of sulfonamides is 1. The molecule has 0 saturated heterocycles. The molecule has 6 nitrogen and oxygen atoms in total. The quantitative estimate of drug-likeness (QED) is 0.346. The normalized spacial score (nSPS) is 12.0. The molecule has 0 amide bonds. The second kappa shape index (κ2) is 11.1. The Morgan fingerprint density at radius 3 is 2.36 bits per heavy atom. The lowest BCUT2D eigenvalue weighted by Gasteiger charge is -2.23. The second-order valence-corrected chi connectivity index (χ2v) is 11.5. The third-order valence-corrected chi connectivity index (χ3v) is 7.79. The highest BCUT2D eigenvalue weighted by Crippen LogP contribution is 2.27. The van der Waals surface area contributed by atoms with Crippen molar-refractivity contribution < 1.29 is 17.9 Å². The van der Waals surface area contributed by atoms with E-state index in [9.17, 15) is 8.42 Å². The summed E-state index contributed by atoms with van der Waals surface area (Å²) in [6.07, 6.45) is 0. The number of benzene rings is 2. The molecule has 0 fully saturated rings. The van der Waals surface area contributed by atoms with E-state index >= 15 is 0 Å². The Labute approximate surface area is 201 Å². The van der Waals surface area contributed by atoms with E-state index in [0.717, 1.165) is 16.3 Å². The predicted octanol–water partition coefficient (Wildman–Crippen LogP) is 5.70. The zero-order valence-corrected chi connectivity index (χ0v) is 21.4. The zero-order valence-electron chi connectivity index (χ0n) is 19.8. The lowest BCUT2D eigenvalue weighted by Crippen LogP contribution is -2.34. The Balaban J connectivity index is 1.74. The number of hydrogen-bond acceptors (Lipinski definition) is 6. The Morgan fingerprint density at radius 2 is 1.73 bits per heavy atom. The Kier molecular flexibility index (Phi) is 8.51. The summed E-state index contributed by atoms with van der Waals surface area (Å²) in [6, 6.07) is 14.5. The van der Waals surface area contributed by atoms with Crippen LogP contribution in [-0.2, 0) is 23.2 Å². The van der Waals surface area contributed by atoms with Crippen molar-refractivity contribution >= 4 is 21.4 Å². The van der Waals surface area contributed by atoms with Crippen LogP contribution in [0.1, 0.15) is 49.9 Å². The number of para-hydroxylation sites is 1. The number of methoxy groups -OCH3 is 1. The summed E-state index contributed by atoms with van der Waals surface area (Å²) in [5, 5.41) is 2.72. The van der Waals surface area contributed by atoms with Crippen LogP contribution >= 0.6 is 11.3 Å². The summed E-state index contributed by atoms with van der Waals surface area (Å²) in [5.41, 5.74) is 1.87. The maximum Gasteiger partial charge on any atom is 0.243 e. The van der Waals surface area contributed by atoms with Gasteiger partial charge in [-0.3, -0.25) is 0 Å². The topological polar surface area (TPSA) is 68.7 Å². The Hall–Kier alpha value is -2.42. The van der Waals surface area contributed by atoms with E-state index < -0.39 is 10.0 Å². The van der Waals surface area contributed by atoms with Gasteiger partial charge >= 0.3 is 0 Å². The molecule has 3 aromatic rings. The van der Waals surface area contributed by atoms with Gasteiger partial charge in [-0.15, -0.1) is 11.3 Å². The molecule has 0 aliphatic rings. The van der Waals surface area contributed by atoms with E-state index in [4.69, 9.17) is 9.47 Å². The standard InChI is InChI=1S/C25H32N2O4S2/c1-18(2)14-27(33(28,29)22-12-10-21(30-5)11-13-22)15-20-17-32-25(26-20)16-31-24-9-7-6-8-23(24)19(3)4/h6-13,17-19H,14-16H2,1-5H3. The molecule has 0 bridgehead atoms. The van der Waals surface area contributed by atoms with Gasteiger partial charge in [0.1, 0.15) is 23.1 Å². The van der Waals surface area contributed by atoms with E-state index in [2.05, 4.69) is 24.9 Å². The van der Waals surface area contributed by atoms with Crippen LogP contribution in [0, 0.1) is 5.92 Å². The molecule has 0 aliphatic carbocycles. The molecule has 0 spiro atoms. The fraction of sp³-hybridized carbons (Fsp3) is 0.400. The molecule has 3 rings (SSSR count). The maximum absolute atomic E-state index is 13.3. The molecule has 178 valence electrons. The largest absolute Gasteiger partial charge is 0.497 e. The Morgan fingerprint density at radius 1 is 1.03 bits per heavy atom. The van der Waals surface area contributed by atoms with E-state index in [1.54, 1.807) is 31.4 Å². The average Bonchev–Trinajstić information content (AvgIpc) is 3.24. The molecule has 33 heavy (non-hydrogen) atoms. The highest BCUT2D eigenvalue weighted by Gasteiger charge is 2.26. The highest BCUT2D eigenvalue weighted by atomic mass is 32.2. The van der Waals surface area contributed by atoms with E-state index in [0.29, 0.717) is 30.5 Å². The smallest absolute Gasteiger partial charge is 0.243 e. The SMILES string of the molecule is COc1ccc(S(=O)(=O)N(Cc2csc(COc3ccccc3C(C)C)n2)CC(C)C)cc1. The van der Waals surface area contributed by atoms with Gasteiger partial charge in [-0.05, 0) is 47.7 Å². The van der Waals surface area contributed by atoms with Crippen LogP contribution in [0.2, 0.25) is 0 Å². The number of ether oxygens (including phenoxy) is 2. The van der Waals surface area contributed by atoms with Crippen molar-refractivity contribution in [1.82, 2.24) is 9.29 Å². The number of thiazole rings is 1. The number of nitrogens with zero attached hydrogens (tertiary/aromatic N) is 2. The summed E-state index contributed by atoms with van der Waals surface area (Å²) < 4.78 is 39.3. The van der Waals surface area contributed by atoms with Crippen molar-refractivity contribution in [2.45, 2.75) is 51.7 Å². The highest BCUT2D eigenvalue weighted by molar-refractivity contribution is 7.89. The third kappa shape index (κ3) is 6.56. The van der Waals surface area contributed by atoms with Crippen LogP contribution < -0.4 is 9.47 Å². The van der Waals surface area contributed by atoms with Gasteiger partial charge in [-0.25, -0.2) is 13.4 Å². The van der Waals surface area contributed by atoms with Crippen molar-refractivity contribution in [1.29, 1.82) is 0 Å². The number of aromatic nitrogens is 1. The molecule has 0 aliphatic heterocycles. The molecule has 0 N–H and O–H groups in total. The Bertz CT molecular complexity index is 1140. The summed E-state index contributed by atoms with van der Waals surface area (Å²) in [7, 11) is -2.11.